The zero-order valence-corrected chi connectivity index (χ0v) is 12.7. The summed E-state index contributed by atoms with van der Waals surface area (Å²) in [7, 11) is 0. The molecular weight excluding hydrogens is 288 g/mol. The Morgan fingerprint density at radius 3 is 2.65 bits per heavy atom. The van der Waals surface area contributed by atoms with Crippen molar-refractivity contribution in [1.29, 1.82) is 0 Å². The van der Waals surface area contributed by atoms with Gasteiger partial charge in [0.1, 0.15) is 5.52 Å². The summed E-state index contributed by atoms with van der Waals surface area (Å²) in [6.07, 6.45) is 4.12. The van der Waals surface area contributed by atoms with E-state index in [1.165, 1.54) is 18.5 Å². The molecule has 23 heavy (non-hydrogen) atoms. The van der Waals surface area contributed by atoms with Crippen LogP contribution in [0.15, 0.2) is 48.8 Å². The standard InChI is InChI=1S/C18H18N4O/c23-18(15-4-3-5-16-17(15)20-12-19-16)21-13-6-8-14(9-7-13)22-10-1-2-11-22/h3-9,12H,1-2,10-11H2,(H,19,20)(H,21,23). The Labute approximate surface area is 134 Å². The van der Waals surface area contributed by atoms with Gasteiger partial charge in [-0.2, -0.15) is 0 Å². The van der Waals surface area contributed by atoms with Crippen LogP contribution < -0.4 is 10.2 Å². The Morgan fingerprint density at radius 2 is 1.87 bits per heavy atom. The first kappa shape index (κ1) is 13.8. The fourth-order valence-corrected chi connectivity index (χ4v) is 3.08. The minimum atomic E-state index is -0.142. The fraction of sp³-hybridized carbons (Fsp3) is 0.222. The van der Waals surface area contributed by atoms with Gasteiger partial charge >= 0.3 is 0 Å². The van der Waals surface area contributed by atoms with Crippen LogP contribution >= 0.6 is 0 Å². The molecule has 0 aliphatic carbocycles. The van der Waals surface area contributed by atoms with Crippen molar-refractivity contribution in [2.24, 2.45) is 0 Å². The van der Waals surface area contributed by atoms with Gasteiger partial charge in [-0.1, -0.05) is 6.07 Å². The van der Waals surface area contributed by atoms with Crippen LogP contribution in [0.5, 0.6) is 0 Å². The highest BCUT2D eigenvalue weighted by Gasteiger charge is 2.14. The second-order valence-corrected chi connectivity index (χ2v) is 5.80. The van der Waals surface area contributed by atoms with E-state index < -0.39 is 0 Å². The number of fused-ring (bicyclic) bond motifs is 1. The molecule has 5 heteroatoms. The van der Waals surface area contributed by atoms with Gasteiger partial charge in [-0.25, -0.2) is 4.98 Å². The van der Waals surface area contributed by atoms with Crippen LogP contribution in [0.3, 0.4) is 0 Å². The summed E-state index contributed by atoms with van der Waals surface area (Å²) < 4.78 is 0. The van der Waals surface area contributed by atoms with Crippen LogP contribution in [0.25, 0.3) is 11.0 Å². The second-order valence-electron chi connectivity index (χ2n) is 5.80. The average molecular weight is 306 g/mol. The van der Waals surface area contributed by atoms with Gasteiger partial charge in [0, 0.05) is 24.5 Å². The number of imidazole rings is 1. The number of amides is 1. The van der Waals surface area contributed by atoms with Crippen LogP contribution in [0.4, 0.5) is 11.4 Å². The molecule has 1 fully saturated rings. The Morgan fingerprint density at radius 1 is 1.09 bits per heavy atom. The number of aromatic nitrogens is 2. The number of carbonyl (C=O) groups is 1. The average Bonchev–Trinajstić information content (AvgIpc) is 3.26. The number of anilines is 2. The molecule has 116 valence electrons. The number of H-pyrrole nitrogens is 1. The van der Waals surface area contributed by atoms with E-state index in [9.17, 15) is 4.79 Å². The molecule has 3 aromatic rings. The number of hydrogen-bond acceptors (Lipinski definition) is 3. The van der Waals surface area contributed by atoms with Gasteiger partial charge in [-0.3, -0.25) is 4.79 Å². The number of benzene rings is 2. The molecule has 0 spiro atoms. The number of aromatic amines is 1. The summed E-state index contributed by atoms with van der Waals surface area (Å²) in [5.74, 6) is -0.142. The highest BCUT2D eigenvalue weighted by atomic mass is 16.1. The van der Waals surface area contributed by atoms with E-state index in [1.807, 2.05) is 24.3 Å². The maximum Gasteiger partial charge on any atom is 0.257 e. The molecule has 2 heterocycles. The first-order valence-corrected chi connectivity index (χ1v) is 7.90. The molecule has 1 amide bonds. The molecule has 0 radical (unpaired) electrons. The van der Waals surface area contributed by atoms with Crippen LogP contribution in [-0.2, 0) is 0 Å². The number of nitrogens with zero attached hydrogens (tertiary/aromatic N) is 2. The molecule has 0 unspecified atom stereocenters. The third kappa shape index (κ3) is 2.65. The Kier molecular flexibility index (Phi) is 3.46. The number of hydrogen-bond donors (Lipinski definition) is 2. The summed E-state index contributed by atoms with van der Waals surface area (Å²) in [5.41, 5.74) is 4.15. The lowest BCUT2D eigenvalue weighted by Crippen LogP contribution is -2.17. The summed E-state index contributed by atoms with van der Waals surface area (Å²) >= 11 is 0. The van der Waals surface area contributed by atoms with Crippen molar-refractivity contribution in [2.45, 2.75) is 12.8 Å². The summed E-state index contributed by atoms with van der Waals surface area (Å²) in [4.78, 5) is 22.1. The molecule has 2 aromatic carbocycles. The van der Waals surface area contributed by atoms with Crippen molar-refractivity contribution in [3.05, 3.63) is 54.4 Å². The summed E-state index contributed by atoms with van der Waals surface area (Å²) in [6.45, 7) is 2.24. The molecule has 4 rings (SSSR count). The Bertz CT molecular complexity index is 832. The van der Waals surface area contributed by atoms with Crippen molar-refractivity contribution < 1.29 is 4.79 Å². The fourth-order valence-electron chi connectivity index (χ4n) is 3.08. The zero-order valence-electron chi connectivity index (χ0n) is 12.7. The number of carbonyl (C=O) groups excluding carboxylic acids is 1. The molecule has 1 saturated heterocycles. The van der Waals surface area contributed by atoms with Gasteiger partial charge < -0.3 is 15.2 Å². The molecule has 1 aromatic heterocycles. The Hall–Kier alpha value is -2.82. The van der Waals surface area contributed by atoms with E-state index in [4.69, 9.17) is 0 Å². The number of nitrogens with one attached hydrogen (secondary N) is 2. The van der Waals surface area contributed by atoms with Crippen LogP contribution in [-0.4, -0.2) is 29.0 Å². The van der Waals surface area contributed by atoms with E-state index >= 15 is 0 Å². The molecule has 1 aliphatic rings. The first-order chi connectivity index (χ1) is 11.3. The van der Waals surface area contributed by atoms with Gasteiger partial charge in [-0.15, -0.1) is 0 Å². The lowest BCUT2D eigenvalue weighted by molar-refractivity contribution is 0.102. The first-order valence-electron chi connectivity index (χ1n) is 7.90. The van der Waals surface area contributed by atoms with Gasteiger partial charge in [0.15, 0.2) is 0 Å². The van der Waals surface area contributed by atoms with Gasteiger partial charge in [-0.05, 0) is 49.2 Å². The van der Waals surface area contributed by atoms with E-state index in [2.05, 4.69) is 32.3 Å². The second kappa shape index (κ2) is 5.76. The molecule has 0 saturated carbocycles. The molecular formula is C18H18N4O. The predicted molar refractivity (Wildman–Crippen MR) is 91.9 cm³/mol. The van der Waals surface area contributed by atoms with Crippen molar-refractivity contribution in [2.75, 3.05) is 23.3 Å². The molecule has 2 N–H and O–H groups in total. The molecule has 0 bridgehead atoms. The minimum absolute atomic E-state index is 0.142. The highest BCUT2D eigenvalue weighted by molar-refractivity contribution is 6.11. The van der Waals surface area contributed by atoms with Crippen molar-refractivity contribution >= 4 is 28.3 Å². The predicted octanol–water partition coefficient (Wildman–Crippen LogP) is 3.42. The normalized spacial score (nSPS) is 14.3. The number of para-hydroxylation sites is 1. The monoisotopic (exact) mass is 306 g/mol. The smallest absolute Gasteiger partial charge is 0.257 e. The lowest BCUT2D eigenvalue weighted by atomic mass is 10.1. The summed E-state index contributed by atoms with van der Waals surface area (Å²) in [5, 5.41) is 2.95. The van der Waals surface area contributed by atoms with Crippen LogP contribution in [0.2, 0.25) is 0 Å². The lowest BCUT2D eigenvalue weighted by Gasteiger charge is -2.17. The third-order valence-electron chi connectivity index (χ3n) is 4.29. The van der Waals surface area contributed by atoms with Gasteiger partial charge in [0.25, 0.3) is 5.91 Å². The quantitative estimate of drug-likeness (QED) is 0.779. The van der Waals surface area contributed by atoms with Crippen molar-refractivity contribution in [3.63, 3.8) is 0 Å². The Balaban J connectivity index is 1.53. The molecule has 0 atom stereocenters. The highest BCUT2D eigenvalue weighted by Crippen LogP contribution is 2.23. The van der Waals surface area contributed by atoms with Crippen LogP contribution in [0.1, 0.15) is 23.2 Å². The van der Waals surface area contributed by atoms with Crippen LogP contribution in [0, 0.1) is 0 Å². The van der Waals surface area contributed by atoms with E-state index in [0.717, 1.165) is 24.3 Å². The van der Waals surface area contributed by atoms with Gasteiger partial charge in [0.2, 0.25) is 0 Å². The molecule has 5 nitrogen and oxygen atoms in total. The SMILES string of the molecule is O=C(Nc1ccc(N2CCCC2)cc1)c1cccc2[nH]cnc12. The third-order valence-corrected chi connectivity index (χ3v) is 4.29. The number of rotatable bonds is 3. The maximum atomic E-state index is 12.5. The minimum Gasteiger partial charge on any atom is -0.372 e. The maximum absolute atomic E-state index is 12.5. The van der Waals surface area contributed by atoms with Crippen molar-refractivity contribution in [3.8, 4) is 0 Å². The topological polar surface area (TPSA) is 61.0 Å². The zero-order chi connectivity index (χ0) is 15.6. The van der Waals surface area contributed by atoms with E-state index in [1.54, 1.807) is 12.4 Å². The molecule has 1 aliphatic heterocycles. The van der Waals surface area contributed by atoms with E-state index in [0.29, 0.717) is 11.1 Å². The van der Waals surface area contributed by atoms with Gasteiger partial charge in [0.05, 0.1) is 17.4 Å². The van der Waals surface area contributed by atoms with E-state index in [-0.39, 0.29) is 5.91 Å². The summed E-state index contributed by atoms with van der Waals surface area (Å²) in [6, 6.07) is 13.6. The largest absolute Gasteiger partial charge is 0.372 e. The van der Waals surface area contributed by atoms with Crippen molar-refractivity contribution in [1.82, 2.24) is 9.97 Å².